The summed E-state index contributed by atoms with van der Waals surface area (Å²) in [7, 11) is -3.32. The van der Waals surface area contributed by atoms with Crippen LogP contribution in [0.5, 0.6) is 0 Å². The number of sulfone groups is 1. The third-order valence-electron chi connectivity index (χ3n) is 4.04. The number of hydrogen-bond donors (Lipinski definition) is 1. The van der Waals surface area contributed by atoms with Gasteiger partial charge in [-0.25, -0.2) is 8.42 Å². The van der Waals surface area contributed by atoms with Gasteiger partial charge in [0.2, 0.25) is 0 Å². The van der Waals surface area contributed by atoms with Crippen LogP contribution in [0.4, 0.5) is 5.69 Å². The van der Waals surface area contributed by atoms with E-state index in [-0.39, 0.29) is 11.2 Å². The molecule has 1 aromatic carbocycles. The van der Waals surface area contributed by atoms with E-state index in [1.807, 2.05) is 0 Å². The van der Waals surface area contributed by atoms with Crippen molar-refractivity contribution in [3.63, 3.8) is 0 Å². The summed E-state index contributed by atoms with van der Waals surface area (Å²) in [5.41, 5.74) is 6.23. The highest BCUT2D eigenvalue weighted by Crippen LogP contribution is 2.37. The summed E-state index contributed by atoms with van der Waals surface area (Å²) in [6.45, 7) is 2.07. The second kappa shape index (κ2) is 5.83. The van der Waals surface area contributed by atoms with E-state index in [4.69, 9.17) is 5.73 Å². The second-order valence-corrected chi connectivity index (χ2v) is 8.27. The fourth-order valence-corrected chi connectivity index (χ4v) is 5.65. The molecule has 1 aliphatic carbocycles. The Hall–Kier alpha value is -0.550. The smallest absolute Gasteiger partial charge is 0.183 e. The summed E-state index contributed by atoms with van der Waals surface area (Å²) in [6, 6.07) is 5.03. The van der Waals surface area contributed by atoms with E-state index < -0.39 is 9.84 Å². The lowest BCUT2D eigenvalue weighted by Crippen LogP contribution is -2.33. The zero-order chi connectivity index (χ0) is 14.0. The maximum absolute atomic E-state index is 12.8. The number of hydrogen-bond acceptors (Lipinski definition) is 3. The molecule has 2 atom stereocenters. The van der Waals surface area contributed by atoms with E-state index in [0.717, 1.165) is 36.6 Å². The number of anilines is 1. The molecule has 19 heavy (non-hydrogen) atoms. The van der Waals surface area contributed by atoms with Gasteiger partial charge in [0, 0.05) is 4.47 Å². The fourth-order valence-electron chi connectivity index (χ4n) is 2.99. The van der Waals surface area contributed by atoms with Gasteiger partial charge in [0.1, 0.15) is 0 Å². The first-order valence-electron chi connectivity index (χ1n) is 6.75. The minimum Gasteiger partial charge on any atom is -0.398 e. The van der Waals surface area contributed by atoms with Gasteiger partial charge < -0.3 is 5.73 Å². The third kappa shape index (κ3) is 2.97. The number of halogens is 1. The molecule has 0 aliphatic heterocycles. The van der Waals surface area contributed by atoms with Crippen molar-refractivity contribution in [1.82, 2.24) is 0 Å². The summed E-state index contributed by atoms with van der Waals surface area (Å²) < 4.78 is 26.4. The fraction of sp³-hybridized carbons (Fsp3) is 0.571. The third-order valence-corrected chi connectivity index (χ3v) is 6.94. The molecule has 5 heteroatoms. The zero-order valence-corrected chi connectivity index (χ0v) is 13.5. The molecule has 2 rings (SSSR count). The molecule has 1 aliphatic rings. The molecule has 0 bridgehead atoms. The van der Waals surface area contributed by atoms with Crippen LogP contribution in [0, 0.1) is 5.92 Å². The molecule has 1 fully saturated rings. The van der Waals surface area contributed by atoms with Crippen LogP contribution in [0.25, 0.3) is 0 Å². The summed E-state index contributed by atoms with van der Waals surface area (Å²) in [5.74, 6) is 0.266. The van der Waals surface area contributed by atoms with Crippen LogP contribution >= 0.6 is 15.9 Å². The second-order valence-electron chi connectivity index (χ2n) is 5.22. The minimum absolute atomic E-state index is 0.266. The van der Waals surface area contributed by atoms with Crippen LogP contribution in [0.2, 0.25) is 0 Å². The normalized spacial score (nSPS) is 24.3. The van der Waals surface area contributed by atoms with E-state index in [1.165, 1.54) is 0 Å². The monoisotopic (exact) mass is 345 g/mol. The van der Waals surface area contributed by atoms with Crippen LogP contribution < -0.4 is 5.73 Å². The Morgan fingerprint density at radius 2 is 2.00 bits per heavy atom. The largest absolute Gasteiger partial charge is 0.398 e. The van der Waals surface area contributed by atoms with Crippen molar-refractivity contribution in [2.75, 3.05) is 5.73 Å². The van der Waals surface area contributed by atoms with Crippen molar-refractivity contribution in [2.24, 2.45) is 5.92 Å². The van der Waals surface area contributed by atoms with Gasteiger partial charge in [-0.15, -0.1) is 0 Å². The Morgan fingerprint density at radius 3 is 2.63 bits per heavy atom. The van der Waals surface area contributed by atoms with Gasteiger partial charge in [0.15, 0.2) is 9.84 Å². The molecular formula is C14H20BrNO2S. The summed E-state index contributed by atoms with van der Waals surface area (Å²) >= 11 is 3.31. The van der Waals surface area contributed by atoms with Crippen molar-refractivity contribution in [2.45, 2.75) is 49.2 Å². The predicted octanol–water partition coefficient (Wildman–Crippen LogP) is 3.77. The maximum Gasteiger partial charge on any atom is 0.183 e. The van der Waals surface area contributed by atoms with Gasteiger partial charge in [-0.3, -0.25) is 0 Å². The topological polar surface area (TPSA) is 60.2 Å². The quantitative estimate of drug-likeness (QED) is 0.848. The van der Waals surface area contributed by atoms with E-state index >= 15 is 0 Å². The van der Waals surface area contributed by atoms with Crippen molar-refractivity contribution >= 4 is 31.5 Å². The number of rotatable bonds is 3. The molecule has 0 heterocycles. The molecule has 0 radical (unpaired) electrons. The van der Waals surface area contributed by atoms with Gasteiger partial charge >= 0.3 is 0 Å². The predicted molar refractivity (Wildman–Crippen MR) is 81.8 cm³/mol. The number of benzene rings is 1. The van der Waals surface area contributed by atoms with Crippen LogP contribution in [0.1, 0.15) is 39.0 Å². The van der Waals surface area contributed by atoms with Crippen molar-refractivity contribution in [3.8, 4) is 0 Å². The molecular weight excluding hydrogens is 326 g/mol. The zero-order valence-electron chi connectivity index (χ0n) is 11.1. The number of nitrogen functional groups attached to an aromatic ring is 1. The van der Waals surface area contributed by atoms with Gasteiger partial charge in [-0.1, -0.05) is 42.1 Å². The highest BCUT2D eigenvalue weighted by Gasteiger charge is 2.36. The highest BCUT2D eigenvalue weighted by molar-refractivity contribution is 9.10. The Bertz CT molecular complexity index is 557. The van der Waals surface area contributed by atoms with E-state index in [1.54, 1.807) is 18.2 Å². The van der Waals surface area contributed by atoms with E-state index in [0.29, 0.717) is 10.6 Å². The van der Waals surface area contributed by atoms with Gasteiger partial charge in [0.25, 0.3) is 0 Å². The Morgan fingerprint density at radius 1 is 1.32 bits per heavy atom. The summed E-state index contributed by atoms with van der Waals surface area (Å²) in [4.78, 5) is 0.293. The molecule has 3 nitrogen and oxygen atoms in total. The minimum atomic E-state index is -3.32. The molecule has 0 saturated heterocycles. The average Bonchev–Trinajstić information content (AvgIpc) is 2.38. The van der Waals surface area contributed by atoms with Gasteiger partial charge in [-0.2, -0.15) is 0 Å². The average molecular weight is 346 g/mol. The Labute approximate surface area is 123 Å². The molecule has 2 unspecified atom stereocenters. The lowest BCUT2D eigenvalue weighted by Gasteiger charge is -2.30. The lowest BCUT2D eigenvalue weighted by molar-refractivity contribution is 0.348. The van der Waals surface area contributed by atoms with E-state index in [9.17, 15) is 8.42 Å². The van der Waals surface area contributed by atoms with Gasteiger partial charge in [0.05, 0.1) is 15.8 Å². The first-order valence-corrected chi connectivity index (χ1v) is 9.09. The summed E-state index contributed by atoms with van der Waals surface area (Å²) in [6.07, 6.45) is 4.82. The lowest BCUT2D eigenvalue weighted by atomic mass is 9.87. The van der Waals surface area contributed by atoms with Gasteiger partial charge in [-0.05, 0) is 37.0 Å². The molecule has 0 spiro atoms. The number of nitrogens with two attached hydrogens (primary N) is 1. The standard InChI is InChI=1S/C14H20BrNO2S/c1-2-10-5-3-4-6-13(10)19(17,18)14-8-7-11(15)9-12(14)16/h7-10,13H,2-6,16H2,1H3. The SMILES string of the molecule is CCC1CCCCC1S(=O)(=O)c1ccc(Br)cc1N. The van der Waals surface area contributed by atoms with Crippen LogP contribution in [-0.4, -0.2) is 13.7 Å². The molecule has 0 aromatic heterocycles. The van der Waals surface area contributed by atoms with E-state index in [2.05, 4.69) is 22.9 Å². The molecule has 1 saturated carbocycles. The first-order chi connectivity index (χ1) is 8.96. The van der Waals surface area contributed by atoms with Crippen molar-refractivity contribution in [1.29, 1.82) is 0 Å². The molecule has 106 valence electrons. The molecule has 2 N–H and O–H groups in total. The summed E-state index contributed by atoms with van der Waals surface area (Å²) in [5, 5.41) is -0.269. The van der Waals surface area contributed by atoms with Crippen LogP contribution in [0.3, 0.4) is 0 Å². The molecule has 1 aromatic rings. The van der Waals surface area contributed by atoms with Crippen LogP contribution in [-0.2, 0) is 9.84 Å². The first kappa shape index (κ1) is 14.9. The van der Waals surface area contributed by atoms with Crippen molar-refractivity contribution < 1.29 is 8.42 Å². The van der Waals surface area contributed by atoms with Crippen molar-refractivity contribution in [3.05, 3.63) is 22.7 Å². The maximum atomic E-state index is 12.8. The van der Waals surface area contributed by atoms with Crippen LogP contribution in [0.15, 0.2) is 27.6 Å². The molecule has 0 amide bonds. The Kier molecular flexibility index (Phi) is 4.56. The Balaban J connectivity index is 2.40. The highest BCUT2D eigenvalue weighted by atomic mass is 79.9.